The van der Waals surface area contributed by atoms with Gasteiger partial charge in [0.25, 0.3) is 0 Å². The molecule has 0 saturated carbocycles. The first-order valence-electron chi connectivity index (χ1n) is 10.6. The van der Waals surface area contributed by atoms with E-state index in [9.17, 15) is 14.9 Å². The fourth-order valence-corrected chi connectivity index (χ4v) is 3.25. The SMILES string of the molecule is CN(C(=O)OC(C)(C)C)c1cnc(N(Cc2ccccc2)Cc2ccccc2)c([N+](=O)[O-])c1. The number of carbonyl (C=O) groups is 1. The zero-order valence-corrected chi connectivity index (χ0v) is 19.3. The third-order valence-corrected chi connectivity index (χ3v) is 4.82. The summed E-state index contributed by atoms with van der Waals surface area (Å²) in [5, 5.41) is 12.0. The van der Waals surface area contributed by atoms with Crippen LogP contribution in [0.3, 0.4) is 0 Å². The van der Waals surface area contributed by atoms with Gasteiger partial charge in [-0.2, -0.15) is 0 Å². The number of amides is 1. The highest BCUT2D eigenvalue weighted by atomic mass is 16.6. The second-order valence-electron chi connectivity index (χ2n) is 8.66. The number of pyridine rings is 1. The Morgan fingerprint density at radius 2 is 1.52 bits per heavy atom. The maximum absolute atomic E-state index is 12.4. The molecule has 3 rings (SSSR count). The third-order valence-electron chi connectivity index (χ3n) is 4.82. The lowest BCUT2D eigenvalue weighted by atomic mass is 10.1. The van der Waals surface area contributed by atoms with Crippen LogP contribution in [-0.2, 0) is 17.8 Å². The van der Waals surface area contributed by atoms with Gasteiger partial charge in [-0.15, -0.1) is 0 Å². The van der Waals surface area contributed by atoms with E-state index in [0.29, 0.717) is 13.1 Å². The van der Waals surface area contributed by atoms with Crippen LogP contribution in [0.25, 0.3) is 0 Å². The second kappa shape index (κ2) is 10.1. The van der Waals surface area contributed by atoms with Crippen molar-refractivity contribution in [2.45, 2.75) is 39.5 Å². The molecule has 0 aliphatic rings. The Bertz CT molecular complexity index is 1060. The van der Waals surface area contributed by atoms with Gasteiger partial charge in [0, 0.05) is 26.2 Å². The minimum absolute atomic E-state index is 0.185. The molecular weight excluding hydrogens is 420 g/mol. The van der Waals surface area contributed by atoms with E-state index in [1.54, 1.807) is 20.8 Å². The smallest absolute Gasteiger partial charge is 0.414 e. The van der Waals surface area contributed by atoms with Crippen LogP contribution >= 0.6 is 0 Å². The molecule has 172 valence electrons. The van der Waals surface area contributed by atoms with Crippen molar-refractivity contribution < 1.29 is 14.5 Å². The molecule has 1 aromatic heterocycles. The molecule has 0 spiro atoms. The van der Waals surface area contributed by atoms with Crippen molar-refractivity contribution in [3.63, 3.8) is 0 Å². The molecule has 1 amide bonds. The Morgan fingerprint density at radius 3 is 1.97 bits per heavy atom. The fourth-order valence-electron chi connectivity index (χ4n) is 3.25. The van der Waals surface area contributed by atoms with Crippen LogP contribution in [0, 0.1) is 10.1 Å². The molecule has 0 atom stereocenters. The lowest BCUT2D eigenvalue weighted by Crippen LogP contribution is -2.34. The highest BCUT2D eigenvalue weighted by Crippen LogP contribution is 2.32. The molecule has 0 aliphatic carbocycles. The number of hydrogen-bond donors (Lipinski definition) is 0. The van der Waals surface area contributed by atoms with Crippen molar-refractivity contribution in [1.82, 2.24) is 4.98 Å². The van der Waals surface area contributed by atoms with E-state index in [4.69, 9.17) is 4.74 Å². The summed E-state index contributed by atoms with van der Waals surface area (Å²) < 4.78 is 5.37. The van der Waals surface area contributed by atoms with Crippen molar-refractivity contribution in [3.05, 3.63) is 94.2 Å². The van der Waals surface area contributed by atoms with Crippen molar-refractivity contribution in [2.24, 2.45) is 0 Å². The Kier molecular flexibility index (Phi) is 7.27. The molecule has 0 radical (unpaired) electrons. The molecule has 0 unspecified atom stereocenters. The van der Waals surface area contributed by atoms with Crippen LogP contribution in [0.15, 0.2) is 72.9 Å². The molecule has 2 aromatic carbocycles. The van der Waals surface area contributed by atoms with E-state index in [2.05, 4.69) is 4.98 Å². The van der Waals surface area contributed by atoms with Gasteiger partial charge in [0.1, 0.15) is 5.60 Å². The zero-order valence-electron chi connectivity index (χ0n) is 19.3. The lowest BCUT2D eigenvalue weighted by molar-refractivity contribution is -0.384. The van der Waals surface area contributed by atoms with Gasteiger partial charge in [0.2, 0.25) is 5.82 Å². The van der Waals surface area contributed by atoms with E-state index in [0.717, 1.165) is 11.1 Å². The monoisotopic (exact) mass is 448 g/mol. The van der Waals surface area contributed by atoms with Gasteiger partial charge < -0.3 is 9.64 Å². The van der Waals surface area contributed by atoms with Gasteiger partial charge >= 0.3 is 11.8 Å². The molecule has 0 N–H and O–H groups in total. The minimum atomic E-state index is -0.688. The summed E-state index contributed by atoms with van der Waals surface area (Å²) in [7, 11) is 1.50. The maximum Gasteiger partial charge on any atom is 0.414 e. The van der Waals surface area contributed by atoms with Crippen LogP contribution in [0.2, 0.25) is 0 Å². The number of aromatic nitrogens is 1. The first-order chi connectivity index (χ1) is 15.6. The van der Waals surface area contributed by atoms with Crippen LogP contribution in [0.5, 0.6) is 0 Å². The van der Waals surface area contributed by atoms with Crippen molar-refractivity contribution >= 4 is 23.3 Å². The van der Waals surface area contributed by atoms with E-state index in [-0.39, 0.29) is 17.2 Å². The summed E-state index contributed by atoms with van der Waals surface area (Å²) in [6.45, 7) is 6.14. The van der Waals surface area contributed by atoms with E-state index >= 15 is 0 Å². The molecular formula is C25H28N4O4. The van der Waals surface area contributed by atoms with Crippen molar-refractivity contribution in [3.8, 4) is 0 Å². The van der Waals surface area contributed by atoms with E-state index < -0.39 is 16.6 Å². The number of benzene rings is 2. The summed E-state index contributed by atoms with van der Waals surface area (Å²) >= 11 is 0. The van der Waals surface area contributed by atoms with Crippen LogP contribution < -0.4 is 9.80 Å². The Labute approximate surface area is 193 Å². The number of carbonyl (C=O) groups excluding carboxylic acids is 1. The first-order valence-corrected chi connectivity index (χ1v) is 10.6. The standard InChI is InChI=1S/C25H28N4O4/c1-25(2,3)33-24(30)27(4)21-15-22(29(31)32)23(26-16-21)28(17-19-11-7-5-8-12-19)18-20-13-9-6-10-14-20/h5-16H,17-18H2,1-4H3. The first kappa shape index (κ1) is 23.7. The Balaban J connectivity index is 1.98. The molecule has 8 nitrogen and oxygen atoms in total. The largest absolute Gasteiger partial charge is 0.443 e. The summed E-state index contributed by atoms with van der Waals surface area (Å²) in [4.78, 5) is 31.5. The quantitative estimate of drug-likeness (QED) is 0.347. The predicted molar refractivity (Wildman–Crippen MR) is 128 cm³/mol. The minimum Gasteiger partial charge on any atom is -0.443 e. The normalized spacial score (nSPS) is 11.0. The zero-order chi connectivity index (χ0) is 24.0. The van der Waals surface area contributed by atoms with Crippen LogP contribution in [0.1, 0.15) is 31.9 Å². The average Bonchev–Trinajstić information content (AvgIpc) is 2.78. The molecule has 8 heteroatoms. The van der Waals surface area contributed by atoms with Gasteiger partial charge in [-0.3, -0.25) is 15.0 Å². The lowest BCUT2D eigenvalue weighted by Gasteiger charge is -2.26. The number of rotatable bonds is 7. The van der Waals surface area contributed by atoms with Gasteiger partial charge in [0.15, 0.2) is 0 Å². The highest BCUT2D eigenvalue weighted by Gasteiger charge is 2.26. The second-order valence-corrected chi connectivity index (χ2v) is 8.66. The Morgan fingerprint density at radius 1 is 1.00 bits per heavy atom. The van der Waals surface area contributed by atoms with Crippen LogP contribution in [0.4, 0.5) is 22.0 Å². The summed E-state index contributed by atoms with van der Waals surface area (Å²) in [6.07, 6.45) is 0.840. The molecule has 0 aliphatic heterocycles. The van der Waals surface area contributed by atoms with Crippen molar-refractivity contribution in [2.75, 3.05) is 16.8 Å². The van der Waals surface area contributed by atoms with Crippen LogP contribution in [-0.4, -0.2) is 28.6 Å². The molecule has 33 heavy (non-hydrogen) atoms. The maximum atomic E-state index is 12.4. The summed E-state index contributed by atoms with van der Waals surface area (Å²) in [5.41, 5.74) is 1.40. The number of anilines is 2. The van der Waals surface area contributed by atoms with E-state index in [1.165, 1.54) is 24.2 Å². The molecule has 1 heterocycles. The molecule has 0 bridgehead atoms. The number of hydrogen-bond acceptors (Lipinski definition) is 6. The number of nitro groups is 1. The fraction of sp³-hybridized carbons (Fsp3) is 0.280. The van der Waals surface area contributed by atoms with Crippen molar-refractivity contribution in [1.29, 1.82) is 0 Å². The number of nitrogens with zero attached hydrogens (tertiary/aromatic N) is 4. The van der Waals surface area contributed by atoms with E-state index in [1.807, 2.05) is 65.6 Å². The molecule has 3 aromatic rings. The predicted octanol–water partition coefficient (Wildman–Crippen LogP) is 5.57. The number of ether oxygens (including phenoxy) is 1. The Hall–Kier alpha value is -3.94. The molecule has 0 saturated heterocycles. The highest BCUT2D eigenvalue weighted by molar-refractivity contribution is 5.88. The summed E-state index contributed by atoms with van der Waals surface area (Å²) in [5.74, 6) is 0.231. The van der Waals surface area contributed by atoms with Gasteiger partial charge in [-0.1, -0.05) is 60.7 Å². The summed E-state index contributed by atoms with van der Waals surface area (Å²) in [6, 6.07) is 20.8. The van der Waals surface area contributed by atoms with Gasteiger partial charge in [-0.25, -0.2) is 9.78 Å². The third kappa shape index (κ3) is 6.52. The average molecular weight is 449 g/mol. The van der Waals surface area contributed by atoms with Gasteiger partial charge in [-0.05, 0) is 31.9 Å². The van der Waals surface area contributed by atoms with Gasteiger partial charge in [0.05, 0.1) is 16.8 Å². The topological polar surface area (TPSA) is 88.8 Å². The molecule has 0 fully saturated rings.